The van der Waals surface area contributed by atoms with Crippen molar-refractivity contribution in [1.82, 2.24) is 4.98 Å². The van der Waals surface area contributed by atoms with Gasteiger partial charge in [-0.25, -0.2) is 4.98 Å². The Bertz CT molecular complexity index is 931. The summed E-state index contributed by atoms with van der Waals surface area (Å²) in [5, 5.41) is 6.00. The lowest BCUT2D eigenvalue weighted by atomic mass is 10.1. The van der Waals surface area contributed by atoms with Gasteiger partial charge in [0.2, 0.25) is 0 Å². The van der Waals surface area contributed by atoms with Crippen LogP contribution in [0, 0.1) is 6.92 Å². The van der Waals surface area contributed by atoms with E-state index in [4.69, 9.17) is 4.74 Å². The quantitative estimate of drug-likeness (QED) is 0.709. The van der Waals surface area contributed by atoms with E-state index in [0.29, 0.717) is 12.2 Å². The number of fused-ring (bicyclic) bond motifs is 1. The minimum atomic E-state index is -0.107. The standard InChI is InChI=1S/C21H20N2O2S/c1-14-22-19(13-26-14)12-25-20-9-6-16(7-10-20)21(24)23-18-8-5-15-3-2-4-17(15)11-18/h5-11,13H,2-4,12H2,1H3,(H,23,24). The van der Waals surface area contributed by atoms with Crippen molar-refractivity contribution < 1.29 is 9.53 Å². The topological polar surface area (TPSA) is 51.2 Å². The number of amides is 1. The summed E-state index contributed by atoms with van der Waals surface area (Å²) in [5.41, 5.74) is 5.15. The SMILES string of the molecule is Cc1nc(COc2ccc(C(=O)Nc3ccc4c(c3)CCC4)cc2)cs1. The van der Waals surface area contributed by atoms with Crippen LogP contribution in [0.1, 0.15) is 38.6 Å². The molecule has 0 saturated carbocycles. The van der Waals surface area contributed by atoms with Crippen molar-refractivity contribution in [1.29, 1.82) is 0 Å². The van der Waals surface area contributed by atoms with E-state index in [1.807, 2.05) is 30.5 Å². The second-order valence-corrected chi connectivity index (χ2v) is 7.52. The van der Waals surface area contributed by atoms with Gasteiger partial charge in [0.05, 0.1) is 10.7 Å². The summed E-state index contributed by atoms with van der Waals surface area (Å²) in [6.07, 6.45) is 3.45. The number of nitrogens with one attached hydrogen (secondary N) is 1. The molecule has 0 fully saturated rings. The zero-order valence-electron chi connectivity index (χ0n) is 14.6. The number of benzene rings is 2. The summed E-state index contributed by atoms with van der Waals surface area (Å²) in [6, 6.07) is 13.4. The molecule has 0 atom stereocenters. The van der Waals surface area contributed by atoms with E-state index in [9.17, 15) is 4.79 Å². The van der Waals surface area contributed by atoms with E-state index < -0.39 is 0 Å². The van der Waals surface area contributed by atoms with Crippen molar-refractivity contribution in [3.8, 4) is 5.75 Å². The molecular weight excluding hydrogens is 344 g/mol. The van der Waals surface area contributed by atoms with Crippen molar-refractivity contribution in [2.24, 2.45) is 0 Å². The molecule has 0 bridgehead atoms. The smallest absolute Gasteiger partial charge is 0.255 e. The average Bonchev–Trinajstić information content (AvgIpc) is 3.28. The number of ether oxygens (including phenoxy) is 1. The monoisotopic (exact) mass is 364 g/mol. The number of rotatable bonds is 5. The predicted octanol–water partition coefficient (Wildman–Crippen LogP) is 4.77. The average molecular weight is 364 g/mol. The first kappa shape index (κ1) is 16.8. The molecule has 5 heteroatoms. The van der Waals surface area contributed by atoms with Gasteiger partial charge in [0.15, 0.2) is 0 Å². The maximum absolute atomic E-state index is 12.4. The molecule has 1 heterocycles. The van der Waals surface area contributed by atoms with Crippen LogP contribution in [0.5, 0.6) is 5.75 Å². The van der Waals surface area contributed by atoms with E-state index in [-0.39, 0.29) is 5.91 Å². The lowest BCUT2D eigenvalue weighted by molar-refractivity contribution is 0.102. The van der Waals surface area contributed by atoms with Gasteiger partial charge in [0, 0.05) is 16.6 Å². The highest BCUT2D eigenvalue weighted by atomic mass is 32.1. The molecule has 1 amide bonds. The van der Waals surface area contributed by atoms with Crippen LogP contribution in [0.3, 0.4) is 0 Å². The largest absolute Gasteiger partial charge is 0.487 e. The normalized spacial score (nSPS) is 12.7. The molecule has 1 aliphatic carbocycles. The number of nitrogens with zero attached hydrogens (tertiary/aromatic N) is 1. The van der Waals surface area contributed by atoms with Crippen LogP contribution in [0.2, 0.25) is 0 Å². The first-order valence-electron chi connectivity index (χ1n) is 8.74. The molecule has 1 aliphatic rings. The molecule has 1 N–H and O–H groups in total. The maximum atomic E-state index is 12.4. The Morgan fingerprint density at radius 3 is 2.73 bits per heavy atom. The second-order valence-electron chi connectivity index (χ2n) is 6.46. The van der Waals surface area contributed by atoms with Gasteiger partial charge >= 0.3 is 0 Å². The van der Waals surface area contributed by atoms with Crippen molar-refractivity contribution in [3.63, 3.8) is 0 Å². The van der Waals surface area contributed by atoms with Gasteiger partial charge in [0.25, 0.3) is 5.91 Å². The number of aromatic nitrogens is 1. The van der Waals surface area contributed by atoms with E-state index in [1.165, 1.54) is 17.5 Å². The van der Waals surface area contributed by atoms with Gasteiger partial charge in [-0.05, 0) is 73.7 Å². The summed E-state index contributed by atoms with van der Waals surface area (Å²) in [6.45, 7) is 2.41. The Morgan fingerprint density at radius 2 is 1.96 bits per heavy atom. The molecule has 0 saturated heterocycles. The van der Waals surface area contributed by atoms with Gasteiger partial charge in [-0.1, -0.05) is 6.07 Å². The van der Waals surface area contributed by atoms with E-state index >= 15 is 0 Å². The summed E-state index contributed by atoms with van der Waals surface area (Å²) < 4.78 is 5.72. The fourth-order valence-corrected chi connectivity index (χ4v) is 3.78. The summed E-state index contributed by atoms with van der Waals surface area (Å²) in [4.78, 5) is 16.8. The molecular formula is C21H20N2O2S. The Kier molecular flexibility index (Phi) is 4.71. The zero-order chi connectivity index (χ0) is 17.9. The van der Waals surface area contributed by atoms with Crippen molar-refractivity contribution in [2.45, 2.75) is 32.8 Å². The van der Waals surface area contributed by atoms with Crippen molar-refractivity contribution in [3.05, 3.63) is 75.2 Å². The molecule has 0 spiro atoms. The highest BCUT2D eigenvalue weighted by Gasteiger charge is 2.12. The van der Waals surface area contributed by atoms with Crippen LogP contribution < -0.4 is 10.1 Å². The van der Waals surface area contributed by atoms with Gasteiger partial charge < -0.3 is 10.1 Å². The van der Waals surface area contributed by atoms with E-state index in [1.54, 1.807) is 23.5 Å². The highest BCUT2D eigenvalue weighted by Crippen LogP contribution is 2.25. The number of carbonyl (C=O) groups is 1. The summed E-state index contributed by atoms with van der Waals surface area (Å²) in [7, 11) is 0. The van der Waals surface area contributed by atoms with E-state index in [2.05, 4.69) is 22.4 Å². The van der Waals surface area contributed by atoms with Crippen LogP contribution in [0.15, 0.2) is 47.8 Å². The third kappa shape index (κ3) is 3.78. The molecule has 0 radical (unpaired) electrons. The Morgan fingerprint density at radius 1 is 1.15 bits per heavy atom. The van der Waals surface area contributed by atoms with Crippen molar-refractivity contribution >= 4 is 22.9 Å². The lowest BCUT2D eigenvalue weighted by Gasteiger charge is -2.09. The third-order valence-electron chi connectivity index (χ3n) is 4.53. The molecule has 1 aromatic heterocycles. The molecule has 3 aromatic rings. The highest BCUT2D eigenvalue weighted by molar-refractivity contribution is 7.09. The molecule has 132 valence electrons. The number of thiazole rings is 1. The predicted molar refractivity (Wildman–Crippen MR) is 104 cm³/mol. The number of carbonyl (C=O) groups excluding carboxylic acids is 1. The van der Waals surface area contributed by atoms with Crippen LogP contribution in [-0.4, -0.2) is 10.9 Å². The molecule has 26 heavy (non-hydrogen) atoms. The van der Waals surface area contributed by atoms with Gasteiger partial charge in [-0.15, -0.1) is 11.3 Å². The maximum Gasteiger partial charge on any atom is 0.255 e. The molecule has 0 unspecified atom stereocenters. The van der Waals surface area contributed by atoms with Crippen molar-refractivity contribution in [2.75, 3.05) is 5.32 Å². The third-order valence-corrected chi connectivity index (χ3v) is 5.35. The minimum Gasteiger partial charge on any atom is -0.487 e. The van der Waals surface area contributed by atoms with Crippen LogP contribution in [0.4, 0.5) is 5.69 Å². The minimum absolute atomic E-state index is 0.107. The van der Waals surface area contributed by atoms with Gasteiger partial charge in [-0.2, -0.15) is 0 Å². The number of hydrogen-bond acceptors (Lipinski definition) is 4. The Hall–Kier alpha value is -2.66. The lowest BCUT2D eigenvalue weighted by Crippen LogP contribution is -2.12. The Balaban J connectivity index is 1.37. The fraction of sp³-hybridized carbons (Fsp3) is 0.238. The van der Waals surface area contributed by atoms with Gasteiger partial charge in [-0.3, -0.25) is 4.79 Å². The van der Waals surface area contributed by atoms with Crippen LogP contribution >= 0.6 is 11.3 Å². The molecule has 4 rings (SSSR count). The van der Waals surface area contributed by atoms with Crippen LogP contribution in [0.25, 0.3) is 0 Å². The van der Waals surface area contributed by atoms with E-state index in [0.717, 1.165) is 35.0 Å². The molecule has 4 nitrogen and oxygen atoms in total. The summed E-state index contributed by atoms with van der Waals surface area (Å²) in [5.74, 6) is 0.620. The first-order chi connectivity index (χ1) is 12.7. The number of hydrogen-bond donors (Lipinski definition) is 1. The Labute approximate surface area is 156 Å². The summed E-state index contributed by atoms with van der Waals surface area (Å²) >= 11 is 1.61. The zero-order valence-corrected chi connectivity index (χ0v) is 15.4. The molecule has 2 aromatic carbocycles. The molecule has 0 aliphatic heterocycles. The second kappa shape index (κ2) is 7.30. The fourth-order valence-electron chi connectivity index (χ4n) is 3.19. The van der Waals surface area contributed by atoms with Crippen LogP contribution in [-0.2, 0) is 19.4 Å². The number of anilines is 1. The number of aryl methyl sites for hydroxylation is 3. The first-order valence-corrected chi connectivity index (χ1v) is 9.62. The van der Waals surface area contributed by atoms with Gasteiger partial charge in [0.1, 0.15) is 12.4 Å².